The van der Waals surface area contributed by atoms with Gasteiger partial charge >= 0.3 is 5.97 Å². The van der Waals surface area contributed by atoms with Crippen LogP contribution in [0.25, 0.3) is 0 Å². The van der Waals surface area contributed by atoms with E-state index in [1.807, 2.05) is 39.8 Å². The minimum Gasteiger partial charge on any atom is -0.313 e. The zero-order valence-corrected chi connectivity index (χ0v) is 12.7. The van der Waals surface area contributed by atoms with Gasteiger partial charge in [0.15, 0.2) is 0 Å². The van der Waals surface area contributed by atoms with Crippen LogP contribution in [0.3, 0.4) is 0 Å². The van der Waals surface area contributed by atoms with E-state index in [-0.39, 0.29) is 0 Å². The van der Waals surface area contributed by atoms with Gasteiger partial charge in [-0.1, -0.05) is 22.9 Å². The Labute approximate surface area is 122 Å². The third-order valence-electron chi connectivity index (χ3n) is 2.78. The molecule has 0 aliphatic rings. The molecule has 0 unspecified atom stereocenters. The van der Waals surface area contributed by atoms with Crippen LogP contribution < -0.4 is 0 Å². The number of thiazole rings is 1. The van der Waals surface area contributed by atoms with Crippen LogP contribution in [-0.2, 0) is 4.84 Å². The van der Waals surface area contributed by atoms with E-state index in [0.717, 1.165) is 21.1 Å². The number of hydrogen-bond donors (Lipinski definition) is 0. The van der Waals surface area contributed by atoms with Gasteiger partial charge in [0.25, 0.3) is 0 Å². The molecule has 0 radical (unpaired) electrons. The maximum atomic E-state index is 11.8. The van der Waals surface area contributed by atoms with E-state index < -0.39 is 5.97 Å². The second-order valence-corrected chi connectivity index (χ2v) is 5.77. The molecule has 2 aromatic rings. The van der Waals surface area contributed by atoms with E-state index in [0.29, 0.717) is 11.3 Å². The molecule has 1 aromatic carbocycles. The quantitative estimate of drug-likeness (QED) is 0.492. The summed E-state index contributed by atoms with van der Waals surface area (Å²) in [5.74, 6) is -0.455. The highest BCUT2D eigenvalue weighted by Crippen LogP contribution is 2.18. The lowest BCUT2D eigenvalue weighted by atomic mass is 10.2. The first-order valence-electron chi connectivity index (χ1n) is 6.24. The Morgan fingerprint density at radius 2 is 1.85 bits per heavy atom. The molecule has 5 heteroatoms. The number of hydrogen-bond acceptors (Lipinski definition) is 5. The van der Waals surface area contributed by atoms with Crippen molar-refractivity contribution in [2.75, 3.05) is 0 Å². The first-order valence-corrected chi connectivity index (χ1v) is 7.06. The molecule has 2 rings (SSSR count). The average molecular weight is 288 g/mol. The van der Waals surface area contributed by atoms with Crippen LogP contribution in [0.15, 0.2) is 29.4 Å². The zero-order valence-electron chi connectivity index (χ0n) is 11.9. The number of rotatable bonds is 3. The van der Waals surface area contributed by atoms with Gasteiger partial charge in [-0.3, -0.25) is 0 Å². The largest absolute Gasteiger partial charge is 0.365 e. The van der Waals surface area contributed by atoms with Crippen LogP contribution in [0.4, 0.5) is 0 Å². The van der Waals surface area contributed by atoms with Crippen LogP contribution in [0, 0.1) is 20.8 Å². The summed E-state index contributed by atoms with van der Waals surface area (Å²) in [4.78, 5) is 22.1. The molecule has 0 amide bonds. The van der Waals surface area contributed by atoms with Gasteiger partial charge in [0.1, 0.15) is 0 Å². The average Bonchev–Trinajstić information content (AvgIpc) is 2.75. The van der Waals surface area contributed by atoms with Gasteiger partial charge in [-0.25, -0.2) is 9.78 Å². The Morgan fingerprint density at radius 3 is 2.40 bits per heavy atom. The standard InChI is InChI=1S/C15H16N2O2S/c1-9-5-7-13(8-6-9)15(18)19-17-11(3)14-10(2)16-12(4)20-14/h5-8H,1-4H3/b17-11+. The molecule has 0 aliphatic heterocycles. The van der Waals surface area contributed by atoms with Crippen LogP contribution in [0.5, 0.6) is 0 Å². The van der Waals surface area contributed by atoms with Gasteiger partial charge in [-0.2, -0.15) is 0 Å². The van der Waals surface area contributed by atoms with Crippen molar-refractivity contribution in [3.63, 3.8) is 0 Å². The molecule has 0 fully saturated rings. The molecule has 4 nitrogen and oxygen atoms in total. The first kappa shape index (κ1) is 14.4. The monoisotopic (exact) mass is 288 g/mol. The number of benzene rings is 1. The predicted octanol–water partition coefficient (Wildman–Crippen LogP) is 3.65. The van der Waals surface area contributed by atoms with Gasteiger partial charge in [-0.05, 0) is 39.8 Å². The number of carbonyl (C=O) groups excluding carboxylic acids is 1. The molecule has 0 saturated carbocycles. The maximum Gasteiger partial charge on any atom is 0.365 e. The van der Waals surface area contributed by atoms with Gasteiger partial charge in [0.2, 0.25) is 0 Å². The van der Waals surface area contributed by atoms with Crippen molar-refractivity contribution in [3.8, 4) is 0 Å². The van der Waals surface area contributed by atoms with Gasteiger partial charge in [0.05, 0.1) is 26.9 Å². The molecule has 0 aliphatic carbocycles. The second kappa shape index (κ2) is 5.96. The Morgan fingerprint density at radius 1 is 1.20 bits per heavy atom. The Hall–Kier alpha value is -2.01. The molecular weight excluding hydrogens is 272 g/mol. The van der Waals surface area contributed by atoms with Crippen molar-refractivity contribution < 1.29 is 9.63 Å². The van der Waals surface area contributed by atoms with Crippen molar-refractivity contribution in [3.05, 3.63) is 51.0 Å². The molecular formula is C15H16N2O2S. The zero-order chi connectivity index (χ0) is 14.7. The van der Waals surface area contributed by atoms with E-state index in [2.05, 4.69) is 10.1 Å². The predicted molar refractivity (Wildman–Crippen MR) is 80.4 cm³/mol. The van der Waals surface area contributed by atoms with Crippen LogP contribution in [0.1, 0.15) is 38.4 Å². The highest BCUT2D eigenvalue weighted by atomic mass is 32.1. The number of nitrogens with zero attached hydrogens (tertiary/aromatic N) is 2. The summed E-state index contributed by atoms with van der Waals surface area (Å²) in [5, 5.41) is 4.87. The van der Waals surface area contributed by atoms with Crippen molar-refractivity contribution in [1.29, 1.82) is 0 Å². The minimum atomic E-state index is -0.455. The Balaban J connectivity index is 2.10. The van der Waals surface area contributed by atoms with Gasteiger partial charge in [0, 0.05) is 0 Å². The lowest BCUT2D eigenvalue weighted by Crippen LogP contribution is -2.03. The summed E-state index contributed by atoms with van der Waals surface area (Å²) in [5.41, 5.74) is 3.15. The molecule has 20 heavy (non-hydrogen) atoms. The summed E-state index contributed by atoms with van der Waals surface area (Å²) in [6, 6.07) is 7.18. The summed E-state index contributed by atoms with van der Waals surface area (Å²) >= 11 is 1.54. The molecule has 1 heterocycles. The minimum absolute atomic E-state index is 0.455. The van der Waals surface area contributed by atoms with E-state index in [1.54, 1.807) is 12.1 Å². The van der Waals surface area contributed by atoms with Crippen molar-refractivity contribution >= 4 is 23.0 Å². The smallest absolute Gasteiger partial charge is 0.313 e. The topological polar surface area (TPSA) is 51.5 Å². The summed E-state index contributed by atoms with van der Waals surface area (Å²) in [7, 11) is 0. The van der Waals surface area contributed by atoms with E-state index >= 15 is 0 Å². The maximum absolute atomic E-state index is 11.8. The number of aryl methyl sites for hydroxylation is 3. The van der Waals surface area contributed by atoms with E-state index in [1.165, 1.54) is 11.3 Å². The summed E-state index contributed by atoms with van der Waals surface area (Å²) < 4.78 is 0. The van der Waals surface area contributed by atoms with E-state index in [4.69, 9.17) is 4.84 Å². The second-order valence-electron chi connectivity index (χ2n) is 4.57. The third-order valence-corrected chi connectivity index (χ3v) is 3.97. The Kier molecular flexibility index (Phi) is 4.29. The van der Waals surface area contributed by atoms with Gasteiger partial charge < -0.3 is 4.84 Å². The highest BCUT2D eigenvalue weighted by molar-refractivity contribution is 7.13. The summed E-state index contributed by atoms with van der Waals surface area (Å²) in [6.07, 6.45) is 0. The fourth-order valence-corrected chi connectivity index (χ4v) is 2.62. The van der Waals surface area contributed by atoms with Crippen molar-refractivity contribution in [2.45, 2.75) is 27.7 Å². The Bertz CT molecular complexity index is 657. The molecule has 0 bridgehead atoms. The SMILES string of the molecule is C/C(=N\OC(=O)c1ccc(C)cc1)c1sc(C)nc1C. The normalized spacial score (nSPS) is 11.5. The fraction of sp³-hybridized carbons (Fsp3) is 0.267. The molecule has 0 atom stereocenters. The fourth-order valence-electron chi connectivity index (χ4n) is 1.76. The third kappa shape index (κ3) is 3.30. The van der Waals surface area contributed by atoms with Crippen molar-refractivity contribution in [2.24, 2.45) is 5.16 Å². The lowest BCUT2D eigenvalue weighted by molar-refractivity contribution is 0.0516. The molecule has 104 valence electrons. The molecule has 0 spiro atoms. The molecule has 0 saturated heterocycles. The van der Waals surface area contributed by atoms with Crippen LogP contribution >= 0.6 is 11.3 Å². The number of carbonyl (C=O) groups is 1. The first-order chi connectivity index (χ1) is 9.47. The highest BCUT2D eigenvalue weighted by Gasteiger charge is 2.10. The summed E-state index contributed by atoms with van der Waals surface area (Å²) in [6.45, 7) is 7.63. The van der Waals surface area contributed by atoms with Gasteiger partial charge in [-0.15, -0.1) is 11.3 Å². The number of aromatic nitrogens is 1. The molecule has 0 N–H and O–H groups in total. The van der Waals surface area contributed by atoms with E-state index in [9.17, 15) is 4.79 Å². The van der Waals surface area contributed by atoms with Crippen molar-refractivity contribution in [1.82, 2.24) is 4.98 Å². The number of oxime groups is 1. The lowest BCUT2D eigenvalue weighted by Gasteiger charge is -2.00. The van der Waals surface area contributed by atoms with Crippen LogP contribution in [-0.4, -0.2) is 16.7 Å². The molecule has 1 aromatic heterocycles. The van der Waals surface area contributed by atoms with Crippen LogP contribution in [0.2, 0.25) is 0 Å².